The van der Waals surface area contributed by atoms with Gasteiger partial charge >= 0.3 is 5.97 Å². The third-order valence-electron chi connectivity index (χ3n) is 5.42. The maximum atomic E-state index is 12.2. The highest BCUT2D eigenvalue weighted by atomic mass is 16.4. The summed E-state index contributed by atoms with van der Waals surface area (Å²) in [7, 11) is 0. The van der Waals surface area contributed by atoms with Gasteiger partial charge in [-0.05, 0) is 32.6 Å². The highest BCUT2D eigenvalue weighted by Gasteiger charge is 2.68. The van der Waals surface area contributed by atoms with Gasteiger partial charge in [0.1, 0.15) is 11.2 Å². The molecule has 6 nitrogen and oxygen atoms in total. The summed E-state index contributed by atoms with van der Waals surface area (Å²) in [6, 6.07) is 0. The minimum atomic E-state index is -1.93. The van der Waals surface area contributed by atoms with Crippen LogP contribution in [0, 0.1) is 17.3 Å². The van der Waals surface area contributed by atoms with Crippen molar-refractivity contribution in [2.75, 3.05) is 6.61 Å². The number of aliphatic carboxylic acids is 1. The summed E-state index contributed by atoms with van der Waals surface area (Å²) < 4.78 is 0. The highest BCUT2D eigenvalue weighted by molar-refractivity contribution is 5.94. The van der Waals surface area contributed by atoms with E-state index >= 15 is 0 Å². The summed E-state index contributed by atoms with van der Waals surface area (Å²) in [5.74, 6) is -3.15. The van der Waals surface area contributed by atoms with E-state index in [1.807, 2.05) is 6.08 Å². The SMILES string of the molecule is C[C@]1(O)[C@@H](CCO)C(=O)C[C@]1(C(=O)O)[C@H](O)[C@@H]1C=CCCC1. The van der Waals surface area contributed by atoms with Crippen molar-refractivity contribution in [3.63, 3.8) is 0 Å². The van der Waals surface area contributed by atoms with Gasteiger partial charge in [-0.15, -0.1) is 0 Å². The van der Waals surface area contributed by atoms with Crippen LogP contribution in [0.25, 0.3) is 0 Å². The summed E-state index contributed by atoms with van der Waals surface area (Å²) in [6.45, 7) is 0.976. The first kappa shape index (κ1) is 17.1. The Morgan fingerprint density at radius 2 is 2.18 bits per heavy atom. The quantitative estimate of drug-likeness (QED) is 0.549. The average Bonchev–Trinajstić information content (AvgIpc) is 2.68. The first-order valence-corrected chi connectivity index (χ1v) is 7.73. The zero-order valence-corrected chi connectivity index (χ0v) is 12.7. The van der Waals surface area contributed by atoms with Crippen molar-refractivity contribution >= 4 is 11.8 Å². The third kappa shape index (κ3) is 2.39. The molecule has 0 aromatic rings. The van der Waals surface area contributed by atoms with E-state index in [4.69, 9.17) is 5.11 Å². The molecule has 4 N–H and O–H groups in total. The molecule has 0 aliphatic heterocycles. The molecular formula is C16H24O6. The summed E-state index contributed by atoms with van der Waals surface area (Å²) in [4.78, 5) is 24.2. The van der Waals surface area contributed by atoms with Crippen LogP contribution >= 0.6 is 0 Å². The smallest absolute Gasteiger partial charge is 0.315 e. The molecule has 0 radical (unpaired) electrons. The lowest BCUT2D eigenvalue weighted by Gasteiger charge is -2.44. The van der Waals surface area contributed by atoms with E-state index in [-0.39, 0.29) is 13.0 Å². The number of rotatable bonds is 5. The zero-order valence-electron chi connectivity index (χ0n) is 12.7. The summed E-state index contributed by atoms with van der Waals surface area (Å²) >= 11 is 0. The van der Waals surface area contributed by atoms with Gasteiger partial charge in [0.25, 0.3) is 0 Å². The molecule has 6 heteroatoms. The highest BCUT2D eigenvalue weighted by Crippen LogP contribution is 2.53. The Balaban J connectivity index is 2.44. The van der Waals surface area contributed by atoms with E-state index in [9.17, 15) is 24.9 Å². The number of Topliss-reactive ketones (excluding diaryl/α,β-unsaturated/α-hetero) is 1. The van der Waals surface area contributed by atoms with Crippen LogP contribution in [0.2, 0.25) is 0 Å². The number of carboxylic acids is 1. The van der Waals surface area contributed by atoms with E-state index in [1.54, 1.807) is 6.08 Å². The standard InChI is InChI=1S/C16H24O6/c1-15(22)11(7-8-17)12(18)9-16(15,14(20)21)13(19)10-5-3-2-4-6-10/h3,5,10-11,13,17,19,22H,2,4,6-9H2,1H3,(H,20,21)/t10-,11+,13-,15+,16-/m1/s1. The molecule has 0 aromatic carbocycles. The molecule has 2 rings (SSSR count). The summed E-state index contributed by atoms with van der Waals surface area (Å²) in [5, 5.41) is 40.4. The first-order valence-electron chi connectivity index (χ1n) is 7.73. The second-order valence-electron chi connectivity index (χ2n) is 6.60. The van der Waals surface area contributed by atoms with Crippen LogP contribution in [0.5, 0.6) is 0 Å². The summed E-state index contributed by atoms with van der Waals surface area (Å²) in [5.41, 5.74) is -3.83. The van der Waals surface area contributed by atoms with Crippen LogP contribution in [-0.2, 0) is 9.59 Å². The average molecular weight is 312 g/mol. The fraction of sp³-hybridized carbons (Fsp3) is 0.750. The van der Waals surface area contributed by atoms with Crippen LogP contribution in [-0.4, -0.2) is 50.5 Å². The summed E-state index contributed by atoms with van der Waals surface area (Å²) in [6.07, 6.45) is 4.25. The molecule has 0 aromatic heterocycles. The fourth-order valence-electron chi connectivity index (χ4n) is 4.06. The third-order valence-corrected chi connectivity index (χ3v) is 5.42. The van der Waals surface area contributed by atoms with Gasteiger partial charge in [-0.3, -0.25) is 9.59 Å². The second kappa shape index (κ2) is 6.10. The van der Waals surface area contributed by atoms with Crippen molar-refractivity contribution in [2.24, 2.45) is 17.3 Å². The molecule has 0 saturated heterocycles. The predicted molar refractivity (Wildman–Crippen MR) is 78.0 cm³/mol. The van der Waals surface area contributed by atoms with Crippen molar-refractivity contribution in [1.29, 1.82) is 0 Å². The largest absolute Gasteiger partial charge is 0.481 e. The molecule has 1 fully saturated rings. The van der Waals surface area contributed by atoms with E-state index in [1.165, 1.54) is 6.92 Å². The monoisotopic (exact) mass is 312 g/mol. The van der Waals surface area contributed by atoms with Gasteiger partial charge in [0.2, 0.25) is 0 Å². The molecule has 0 spiro atoms. The number of aliphatic hydroxyl groups is 3. The first-order chi connectivity index (χ1) is 10.3. The number of allylic oxidation sites excluding steroid dienone is 1. The van der Waals surface area contributed by atoms with Crippen molar-refractivity contribution < 1.29 is 30.0 Å². The Bertz CT molecular complexity index is 483. The van der Waals surface area contributed by atoms with E-state index in [0.29, 0.717) is 6.42 Å². The number of carbonyl (C=O) groups is 2. The molecule has 2 aliphatic rings. The molecular weight excluding hydrogens is 288 g/mol. The van der Waals surface area contributed by atoms with Crippen LogP contribution in [0.1, 0.15) is 39.0 Å². The lowest BCUT2D eigenvalue weighted by atomic mass is 9.64. The normalized spacial score (nSPS) is 39.9. The number of aliphatic hydroxyl groups excluding tert-OH is 2. The van der Waals surface area contributed by atoms with Gasteiger partial charge in [-0.25, -0.2) is 0 Å². The van der Waals surface area contributed by atoms with E-state index in [2.05, 4.69) is 0 Å². The van der Waals surface area contributed by atoms with Gasteiger partial charge in [0, 0.05) is 24.9 Å². The van der Waals surface area contributed by atoms with Crippen LogP contribution in [0.3, 0.4) is 0 Å². The molecule has 22 heavy (non-hydrogen) atoms. The zero-order chi connectivity index (χ0) is 16.5. The minimum absolute atomic E-state index is 0.00586. The molecule has 0 heterocycles. The second-order valence-corrected chi connectivity index (χ2v) is 6.60. The fourth-order valence-corrected chi connectivity index (χ4v) is 4.06. The van der Waals surface area contributed by atoms with Crippen LogP contribution in [0.4, 0.5) is 0 Å². The number of carbonyl (C=O) groups excluding carboxylic acids is 1. The number of hydrogen-bond donors (Lipinski definition) is 4. The van der Waals surface area contributed by atoms with Crippen molar-refractivity contribution in [3.05, 3.63) is 12.2 Å². The molecule has 0 bridgehead atoms. The van der Waals surface area contributed by atoms with Gasteiger partial charge in [0.15, 0.2) is 0 Å². The molecule has 0 unspecified atom stereocenters. The van der Waals surface area contributed by atoms with Crippen molar-refractivity contribution in [1.82, 2.24) is 0 Å². The lowest BCUT2D eigenvalue weighted by molar-refractivity contribution is -0.189. The molecule has 5 atom stereocenters. The van der Waals surface area contributed by atoms with Gasteiger partial charge in [-0.1, -0.05) is 12.2 Å². The molecule has 124 valence electrons. The van der Waals surface area contributed by atoms with Crippen molar-refractivity contribution in [3.8, 4) is 0 Å². The van der Waals surface area contributed by atoms with Gasteiger partial charge < -0.3 is 20.4 Å². The number of ketones is 1. The number of hydrogen-bond acceptors (Lipinski definition) is 5. The Kier molecular flexibility index (Phi) is 4.75. The lowest BCUT2D eigenvalue weighted by Crippen LogP contribution is -2.59. The van der Waals surface area contributed by atoms with E-state index < -0.39 is 47.1 Å². The Morgan fingerprint density at radius 1 is 1.50 bits per heavy atom. The number of carboxylic acid groups (broad SMARTS) is 1. The van der Waals surface area contributed by atoms with Crippen molar-refractivity contribution in [2.45, 2.75) is 50.7 Å². The van der Waals surface area contributed by atoms with Gasteiger partial charge in [0.05, 0.1) is 11.7 Å². The predicted octanol–water partition coefficient (Wildman–Crippen LogP) is 0.497. The Hall–Kier alpha value is -1.24. The molecule has 0 amide bonds. The Morgan fingerprint density at radius 3 is 2.68 bits per heavy atom. The maximum Gasteiger partial charge on any atom is 0.315 e. The minimum Gasteiger partial charge on any atom is -0.481 e. The topological polar surface area (TPSA) is 115 Å². The molecule has 1 saturated carbocycles. The molecule has 2 aliphatic carbocycles. The van der Waals surface area contributed by atoms with Crippen LogP contribution < -0.4 is 0 Å². The van der Waals surface area contributed by atoms with Crippen LogP contribution in [0.15, 0.2) is 12.2 Å². The Labute approximate surface area is 129 Å². The van der Waals surface area contributed by atoms with E-state index in [0.717, 1.165) is 12.8 Å². The maximum absolute atomic E-state index is 12.2. The van der Waals surface area contributed by atoms with Gasteiger partial charge in [-0.2, -0.15) is 0 Å².